The molecule has 1 aliphatic carbocycles. The van der Waals surface area contributed by atoms with Crippen molar-refractivity contribution in [1.29, 1.82) is 0 Å². The molecule has 0 amide bonds. The van der Waals surface area contributed by atoms with Crippen LogP contribution in [0.4, 0.5) is 11.6 Å². The zero-order valence-corrected chi connectivity index (χ0v) is 16.8. The zero-order chi connectivity index (χ0) is 20.3. The Balaban J connectivity index is 1.71. The lowest BCUT2D eigenvalue weighted by Gasteiger charge is -2.22. The predicted molar refractivity (Wildman–Crippen MR) is 113 cm³/mol. The predicted octanol–water partition coefficient (Wildman–Crippen LogP) is 3.39. The number of anilines is 2. The number of aliphatic hydroxyl groups is 1. The third-order valence-corrected chi connectivity index (χ3v) is 6.69. The number of fused-ring (bicyclic) bond motifs is 1. The molecular weight excluding hydrogens is 388 g/mol. The molecule has 1 aromatic heterocycles. The molecule has 0 spiro atoms. The molecule has 2 atom stereocenters. The molecule has 3 N–H and O–H groups in total. The Morgan fingerprint density at radius 2 is 1.59 bits per heavy atom. The normalized spacial score (nSPS) is 19.3. The summed E-state index contributed by atoms with van der Waals surface area (Å²) in [6.07, 6.45) is 3.76. The van der Waals surface area contributed by atoms with E-state index in [1.807, 2.05) is 18.2 Å². The molecule has 2 unspecified atom stereocenters. The summed E-state index contributed by atoms with van der Waals surface area (Å²) in [6, 6.07) is 15.7. The Bertz CT molecular complexity index is 1090. The van der Waals surface area contributed by atoms with E-state index in [0.29, 0.717) is 29.2 Å². The maximum Gasteiger partial charge on any atom is 0.263 e. The van der Waals surface area contributed by atoms with Crippen LogP contribution in [0.5, 0.6) is 0 Å². The van der Waals surface area contributed by atoms with Gasteiger partial charge in [-0.3, -0.25) is 4.72 Å². The van der Waals surface area contributed by atoms with Crippen LogP contribution in [-0.4, -0.2) is 36.1 Å². The van der Waals surface area contributed by atoms with E-state index in [-0.39, 0.29) is 23.4 Å². The molecule has 7 nitrogen and oxygen atoms in total. The van der Waals surface area contributed by atoms with E-state index in [2.05, 4.69) is 20.0 Å². The van der Waals surface area contributed by atoms with Crippen molar-refractivity contribution in [3.05, 3.63) is 54.6 Å². The van der Waals surface area contributed by atoms with Crippen molar-refractivity contribution < 1.29 is 13.5 Å². The molecule has 152 valence electrons. The molecule has 1 saturated carbocycles. The Hall–Kier alpha value is -2.71. The molecule has 1 aliphatic rings. The van der Waals surface area contributed by atoms with Gasteiger partial charge in [0.15, 0.2) is 11.6 Å². The SMILES string of the molecule is O=S(=O)(Nc1nc2ccccc2nc1NC1CCCC1CCO)c1ccccc1. The smallest absolute Gasteiger partial charge is 0.263 e. The average molecular weight is 413 g/mol. The number of para-hydroxylation sites is 2. The lowest BCUT2D eigenvalue weighted by Crippen LogP contribution is -2.26. The van der Waals surface area contributed by atoms with Crippen molar-refractivity contribution in [3.8, 4) is 0 Å². The number of aliphatic hydroxyl groups excluding tert-OH is 1. The molecule has 0 aliphatic heterocycles. The van der Waals surface area contributed by atoms with Crippen LogP contribution < -0.4 is 10.0 Å². The number of benzene rings is 2. The molecule has 1 heterocycles. The van der Waals surface area contributed by atoms with Crippen molar-refractivity contribution in [1.82, 2.24) is 9.97 Å². The highest BCUT2D eigenvalue weighted by molar-refractivity contribution is 7.92. The Morgan fingerprint density at radius 1 is 0.931 bits per heavy atom. The molecule has 0 saturated heterocycles. The van der Waals surface area contributed by atoms with Gasteiger partial charge in [0.2, 0.25) is 0 Å². The van der Waals surface area contributed by atoms with Gasteiger partial charge in [-0.15, -0.1) is 0 Å². The third kappa shape index (κ3) is 4.33. The summed E-state index contributed by atoms with van der Waals surface area (Å²) >= 11 is 0. The summed E-state index contributed by atoms with van der Waals surface area (Å²) in [7, 11) is -3.79. The molecule has 3 aromatic rings. The van der Waals surface area contributed by atoms with Crippen molar-refractivity contribution >= 4 is 32.7 Å². The summed E-state index contributed by atoms with van der Waals surface area (Å²) in [5.74, 6) is 0.923. The van der Waals surface area contributed by atoms with Crippen molar-refractivity contribution in [3.63, 3.8) is 0 Å². The minimum absolute atomic E-state index is 0.123. The van der Waals surface area contributed by atoms with Crippen LogP contribution in [0.2, 0.25) is 0 Å². The van der Waals surface area contributed by atoms with Crippen molar-refractivity contribution in [2.24, 2.45) is 5.92 Å². The molecule has 1 fully saturated rings. The lowest BCUT2D eigenvalue weighted by molar-refractivity contribution is 0.254. The van der Waals surface area contributed by atoms with E-state index >= 15 is 0 Å². The fourth-order valence-electron chi connectivity index (χ4n) is 3.87. The molecule has 0 radical (unpaired) electrons. The largest absolute Gasteiger partial charge is 0.396 e. The van der Waals surface area contributed by atoms with Gasteiger partial charge in [-0.25, -0.2) is 18.4 Å². The van der Waals surface area contributed by atoms with E-state index in [9.17, 15) is 13.5 Å². The van der Waals surface area contributed by atoms with E-state index in [4.69, 9.17) is 0 Å². The number of nitrogens with one attached hydrogen (secondary N) is 2. The monoisotopic (exact) mass is 412 g/mol. The number of aromatic nitrogens is 2. The average Bonchev–Trinajstić information content (AvgIpc) is 3.16. The molecule has 4 rings (SSSR count). The Kier molecular flexibility index (Phi) is 5.64. The molecule has 0 bridgehead atoms. The maximum absolute atomic E-state index is 12.9. The topological polar surface area (TPSA) is 104 Å². The van der Waals surface area contributed by atoms with Gasteiger partial charge in [0.05, 0.1) is 15.9 Å². The van der Waals surface area contributed by atoms with Gasteiger partial charge in [0.25, 0.3) is 10.0 Å². The first-order valence-electron chi connectivity index (χ1n) is 9.79. The summed E-state index contributed by atoms with van der Waals surface area (Å²) in [5, 5.41) is 12.7. The first kappa shape index (κ1) is 19.6. The number of hydrogen-bond donors (Lipinski definition) is 3. The van der Waals surface area contributed by atoms with E-state index in [1.165, 1.54) is 12.1 Å². The van der Waals surface area contributed by atoms with Crippen LogP contribution >= 0.6 is 0 Å². The van der Waals surface area contributed by atoms with Crippen LogP contribution in [-0.2, 0) is 10.0 Å². The zero-order valence-electron chi connectivity index (χ0n) is 16.0. The van der Waals surface area contributed by atoms with Gasteiger partial charge >= 0.3 is 0 Å². The number of nitrogens with zero attached hydrogens (tertiary/aromatic N) is 2. The first-order chi connectivity index (χ1) is 14.1. The van der Waals surface area contributed by atoms with Gasteiger partial charge in [-0.1, -0.05) is 36.8 Å². The molecule has 2 aromatic carbocycles. The number of sulfonamides is 1. The first-order valence-corrected chi connectivity index (χ1v) is 11.3. The van der Waals surface area contributed by atoms with Gasteiger partial charge in [0, 0.05) is 12.6 Å². The standard InChI is InChI=1S/C21H24N4O3S/c26-14-13-15-7-6-12-17(15)22-20-21(24-19-11-5-4-10-18(19)23-20)25-29(27,28)16-8-2-1-3-9-16/h1-5,8-11,15,17,26H,6-7,12-14H2,(H,22,23)(H,24,25). The summed E-state index contributed by atoms with van der Waals surface area (Å²) < 4.78 is 28.3. The van der Waals surface area contributed by atoms with E-state index in [1.54, 1.807) is 24.3 Å². The summed E-state index contributed by atoms with van der Waals surface area (Å²) in [6.45, 7) is 0.139. The Labute approximate surface area is 170 Å². The molecule has 29 heavy (non-hydrogen) atoms. The number of hydrogen-bond acceptors (Lipinski definition) is 6. The second-order valence-corrected chi connectivity index (χ2v) is 8.96. The fourth-order valence-corrected chi connectivity index (χ4v) is 4.90. The lowest BCUT2D eigenvalue weighted by atomic mass is 10.00. The van der Waals surface area contributed by atoms with Crippen molar-refractivity contribution in [2.75, 3.05) is 16.6 Å². The minimum Gasteiger partial charge on any atom is -0.396 e. The fraction of sp³-hybridized carbons (Fsp3) is 0.333. The maximum atomic E-state index is 12.9. The van der Waals surface area contributed by atoms with Crippen LogP contribution in [0.1, 0.15) is 25.7 Å². The van der Waals surface area contributed by atoms with Crippen LogP contribution in [0.25, 0.3) is 11.0 Å². The van der Waals surface area contributed by atoms with Gasteiger partial charge in [-0.2, -0.15) is 0 Å². The third-order valence-electron chi connectivity index (χ3n) is 5.34. The molecule has 8 heteroatoms. The summed E-state index contributed by atoms with van der Waals surface area (Å²) in [4.78, 5) is 9.35. The van der Waals surface area contributed by atoms with Gasteiger partial charge in [-0.05, 0) is 49.4 Å². The van der Waals surface area contributed by atoms with Crippen LogP contribution in [0, 0.1) is 5.92 Å². The minimum atomic E-state index is -3.79. The Morgan fingerprint density at radius 3 is 2.28 bits per heavy atom. The second kappa shape index (κ2) is 8.34. The molecular formula is C21H24N4O3S. The van der Waals surface area contributed by atoms with Gasteiger partial charge < -0.3 is 10.4 Å². The van der Waals surface area contributed by atoms with Crippen LogP contribution in [0.3, 0.4) is 0 Å². The second-order valence-electron chi connectivity index (χ2n) is 7.28. The number of rotatable bonds is 7. The highest BCUT2D eigenvalue weighted by Crippen LogP contribution is 2.33. The van der Waals surface area contributed by atoms with E-state index < -0.39 is 10.0 Å². The quantitative estimate of drug-likeness (QED) is 0.549. The summed E-state index contributed by atoms with van der Waals surface area (Å²) in [5.41, 5.74) is 1.30. The highest BCUT2D eigenvalue weighted by Gasteiger charge is 2.28. The highest BCUT2D eigenvalue weighted by atomic mass is 32.2. The van der Waals surface area contributed by atoms with E-state index in [0.717, 1.165) is 19.3 Å². The van der Waals surface area contributed by atoms with Gasteiger partial charge in [0.1, 0.15) is 0 Å². The van der Waals surface area contributed by atoms with Crippen molar-refractivity contribution in [2.45, 2.75) is 36.6 Å². The van der Waals surface area contributed by atoms with Crippen LogP contribution in [0.15, 0.2) is 59.5 Å².